The summed E-state index contributed by atoms with van der Waals surface area (Å²) in [7, 11) is 1.44. The van der Waals surface area contributed by atoms with Gasteiger partial charge in [-0.3, -0.25) is 19.2 Å². The summed E-state index contributed by atoms with van der Waals surface area (Å²) < 4.78 is 12.1. The maximum atomic E-state index is 14.7. The molecule has 0 radical (unpaired) electrons. The van der Waals surface area contributed by atoms with Crippen LogP contribution < -0.4 is 20.1 Å². The van der Waals surface area contributed by atoms with Gasteiger partial charge in [0.05, 0.1) is 12.8 Å². The van der Waals surface area contributed by atoms with Gasteiger partial charge in [0.1, 0.15) is 17.5 Å². The van der Waals surface area contributed by atoms with Crippen LogP contribution in [0.15, 0.2) is 66.7 Å². The van der Waals surface area contributed by atoms with Crippen molar-refractivity contribution < 1.29 is 33.4 Å². The van der Waals surface area contributed by atoms with Gasteiger partial charge < -0.3 is 25.0 Å². The molecule has 11 heteroatoms. The number of amides is 5. The van der Waals surface area contributed by atoms with Crippen molar-refractivity contribution >= 4 is 40.9 Å². The Morgan fingerprint density at radius 1 is 0.817 bits per heavy atom. The van der Waals surface area contributed by atoms with Crippen LogP contribution in [0.1, 0.15) is 137 Å². The Balaban J connectivity index is 1.44. The van der Waals surface area contributed by atoms with E-state index < -0.39 is 47.2 Å². The van der Waals surface area contributed by atoms with Gasteiger partial charge in [-0.2, -0.15) is 0 Å². The lowest BCUT2D eigenvalue weighted by Crippen LogP contribution is -2.56. The molecule has 3 aromatic carbocycles. The maximum Gasteiger partial charge on any atom is 0.328 e. The maximum absolute atomic E-state index is 14.7. The lowest BCUT2D eigenvalue weighted by atomic mass is 9.70. The van der Waals surface area contributed by atoms with E-state index >= 15 is 0 Å². The number of hydrogen-bond acceptors (Lipinski definition) is 7. The number of anilines is 2. The first-order chi connectivity index (χ1) is 28.4. The smallest absolute Gasteiger partial charge is 0.328 e. The van der Waals surface area contributed by atoms with Gasteiger partial charge in [-0.05, 0) is 84.7 Å². The summed E-state index contributed by atoms with van der Waals surface area (Å²) in [6, 6.07) is 17.1. The summed E-state index contributed by atoms with van der Waals surface area (Å²) in [5, 5.41) is 5.78. The van der Waals surface area contributed by atoms with Gasteiger partial charge in [-0.15, -0.1) is 0 Å². The first kappa shape index (κ1) is 45.9. The van der Waals surface area contributed by atoms with Gasteiger partial charge in [0.15, 0.2) is 17.9 Å². The number of rotatable bonds is 18. The quantitative estimate of drug-likeness (QED) is 0.0964. The molecular formula is C49H66N4O7. The van der Waals surface area contributed by atoms with Crippen molar-refractivity contribution in [2.45, 2.75) is 156 Å². The van der Waals surface area contributed by atoms with Crippen LogP contribution in [0.2, 0.25) is 0 Å². The van der Waals surface area contributed by atoms with E-state index in [0.29, 0.717) is 37.1 Å². The Morgan fingerprint density at radius 3 is 2.07 bits per heavy atom. The van der Waals surface area contributed by atoms with Crippen LogP contribution in [-0.4, -0.2) is 64.6 Å². The van der Waals surface area contributed by atoms with Crippen LogP contribution >= 0.6 is 0 Å². The molecular weight excluding hydrogens is 757 g/mol. The molecule has 2 N–H and O–H groups in total. The fourth-order valence-corrected chi connectivity index (χ4v) is 8.27. The Morgan fingerprint density at radius 2 is 1.47 bits per heavy atom. The molecule has 0 aromatic heterocycles. The van der Waals surface area contributed by atoms with E-state index in [1.54, 1.807) is 18.2 Å². The first-order valence-electron chi connectivity index (χ1n) is 21.8. The van der Waals surface area contributed by atoms with Crippen molar-refractivity contribution in [3.63, 3.8) is 0 Å². The molecule has 3 aromatic rings. The summed E-state index contributed by atoms with van der Waals surface area (Å²) in [4.78, 5) is 74.0. The van der Waals surface area contributed by atoms with Crippen molar-refractivity contribution in [3.8, 4) is 11.5 Å². The highest BCUT2D eigenvalue weighted by molar-refractivity contribution is 6.19. The molecule has 1 aliphatic carbocycles. The van der Waals surface area contributed by atoms with Gasteiger partial charge in [-0.25, -0.2) is 9.69 Å². The standard InChI is InChI=1S/C49H66N4O7/c1-11-37-45(57)53(46(58)52(37)31-32-21-17-15-18-22-32)41(42(54)49(9)27-19-16-20-28-49)44(56)51-36-30-34(24-26-40(36)59-10)50-43(55)38(12-2)60-39-25-23-33(47(5,6)13-3)29-35(39)48(7,8)14-4/h15,17-18,21-26,29-30,37-38,41H,11-14,16,19-20,27-28,31H2,1-10H3,(H,50,55)(H,51,56). The molecule has 5 amide bonds. The van der Waals surface area contributed by atoms with E-state index in [0.717, 1.165) is 48.1 Å². The van der Waals surface area contributed by atoms with Gasteiger partial charge >= 0.3 is 6.03 Å². The van der Waals surface area contributed by atoms with Crippen LogP contribution in [-0.2, 0) is 36.6 Å². The molecule has 60 heavy (non-hydrogen) atoms. The fourth-order valence-electron chi connectivity index (χ4n) is 8.27. The van der Waals surface area contributed by atoms with Gasteiger partial charge in [0.2, 0.25) is 0 Å². The Labute approximate surface area is 357 Å². The number of nitrogens with one attached hydrogen (secondary N) is 2. The van der Waals surface area contributed by atoms with Crippen LogP contribution in [0.4, 0.5) is 16.2 Å². The lowest BCUT2D eigenvalue weighted by molar-refractivity contribution is -0.145. The average molecular weight is 823 g/mol. The number of carbonyl (C=O) groups is 5. The molecule has 2 fully saturated rings. The van der Waals surface area contributed by atoms with Crippen molar-refractivity contribution in [1.29, 1.82) is 0 Å². The number of imide groups is 1. The van der Waals surface area contributed by atoms with Crippen molar-refractivity contribution in [3.05, 3.63) is 83.4 Å². The predicted octanol–water partition coefficient (Wildman–Crippen LogP) is 9.96. The highest BCUT2D eigenvalue weighted by atomic mass is 16.5. The Kier molecular flexibility index (Phi) is 14.6. The van der Waals surface area contributed by atoms with E-state index in [-0.39, 0.29) is 34.7 Å². The minimum atomic E-state index is -1.72. The second-order valence-electron chi connectivity index (χ2n) is 18.0. The number of hydrogen-bond donors (Lipinski definition) is 2. The number of nitrogens with zero attached hydrogens (tertiary/aromatic N) is 2. The normalized spacial score (nSPS) is 17.9. The van der Waals surface area contributed by atoms with Gasteiger partial charge in [-0.1, -0.05) is 124 Å². The third-order valence-corrected chi connectivity index (χ3v) is 13.2. The summed E-state index contributed by atoms with van der Waals surface area (Å²) in [5.41, 5.74) is 2.44. The number of urea groups is 1. The van der Waals surface area contributed by atoms with Crippen LogP contribution in [0.25, 0.3) is 0 Å². The molecule has 11 nitrogen and oxygen atoms in total. The second kappa shape index (κ2) is 19.0. The van der Waals surface area contributed by atoms with E-state index in [1.807, 2.05) is 57.2 Å². The zero-order valence-electron chi connectivity index (χ0n) is 37.4. The highest BCUT2D eigenvalue weighted by Crippen LogP contribution is 2.41. The number of ether oxygens (including phenoxy) is 2. The average Bonchev–Trinajstić information content (AvgIpc) is 3.47. The van der Waals surface area contributed by atoms with Crippen LogP contribution in [0.5, 0.6) is 11.5 Å². The van der Waals surface area contributed by atoms with E-state index in [4.69, 9.17) is 9.47 Å². The molecule has 0 spiro atoms. The van der Waals surface area contributed by atoms with Crippen LogP contribution in [0, 0.1) is 5.41 Å². The van der Waals surface area contributed by atoms with Gasteiger partial charge in [0.25, 0.3) is 17.7 Å². The molecule has 3 unspecified atom stereocenters. The Hall–Kier alpha value is -5.19. The van der Waals surface area contributed by atoms with E-state index in [9.17, 15) is 24.0 Å². The zero-order chi connectivity index (χ0) is 44.0. The second-order valence-corrected chi connectivity index (χ2v) is 18.0. The van der Waals surface area contributed by atoms with Crippen LogP contribution in [0.3, 0.4) is 0 Å². The monoisotopic (exact) mass is 822 g/mol. The first-order valence-corrected chi connectivity index (χ1v) is 21.8. The third-order valence-electron chi connectivity index (χ3n) is 13.2. The minimum absolute atomic E-state index is 0.0263. The van der Waals surface area contributed by atoms with E-state index in [2.05, 4.69) is 64.3 Å². The largest absolute Gasteiger partial charge is 0.495 e. The summed E-state index contributed by atoms with van der Waals surface area (Å²) >= 11 is 0. The molecule has 0 bridgehead atoms. The van der Waals surface area contributed by atoms with Crippen molar-refractivity contribution in [2.24, 2.45) is 5.41 Å². The van der Waals surface area contributed by atoms with Gasteiger partial charge in [0, 0.05) is 23.2 Å². The molecule has 1 saturated carbocycles. The topological polar surface area (TPSA) is 134 Å². The van der Waals surface area contributed by atoms with Crippen molar-refractivity contribution in [1.82, 2.24) is 9.80 Å². The van der Waals surface area contributed by atoms with E-state index in [1.165, 1.54) is 17.6 Å². The SMILES string of the molecule is CCC(Oc1ccc(C(C)(C)CC)cc1C(C)(C)CC)C(=O)Nc1ccc(OC)c(NC(=O)C(C(=O)C2(C)CCCCC2)N2C(=O)C(CC)N(Cc3ccccc3)C2=O)c1. The zero-order valence-corrected chi connectivity index (χ0v) is 37.4. The van der Waals surface area contributed by atoms with Crippen molar-refractivity contribution in [2.75, 3.05) is 17.7 Å². The lowest BCUT2D eigenvalue weighted by Gasteiger charge is -2.36. The molecule has 3 atom stereocenters. The minimum Gasteiger partial charge on any atom is -0.495 e. The number of methoxy groups -OCH3 is 1. The molecule has 2 aliphatic rings. The molecule has 5 rings (SSSR count). The summed E-state index contributed by atoms with van der Waals surface area (Å²) in [6.07, 6.45) is 5.36. The summed E-state index contributed by atoms with van der Waals surface area (Å²) in [5.74, 6) is -1.35. The third kappa shape index (κ3) is 9.71. The number of benzene rings is 3. The molecule has 1 aliphatic heterocycles. The number of Topliss-reactive ketones (excluding diaryl/α,β-unsaturated/α-hetero) is 1. The predicted molar refractivity (Wildman–Crippen MR) is 236 cm³/mol. The summed E-state index contributed by atoms with van der Waals surface area (Å²) in [6.45, 7) is 18.8. The molecule has 324 valence electrons. The fraction of sp³-hybridized carbons (Fsp3) is 0.531. The Bertz CT molecular complexity index is 2040. The highest BCUT2D eigenvalue weighted by Gasteiger charge is 2.54. The number of ketones is 1. The number of carbonyl (C=O) groups excluding carboxylic acids is 5. The molecule has 1 saturated heterocycles. The molecule has 1 heterocycles.